The molecule has 0 aliphatic heterocycles. The van der Waals surface area contributed by atoms with Crippen LogP contribution in [0.5, 0.6) is 0 Å². The van der Waals surface area contributed by atoms with Gasteiger partial charge < -0.3 is 8.63 Å². The molecule has 0 fully saturated rings. The van der Waals surface area contributed by atoms with Crippen molar-refractivity contribution in [2.24, 2.45) is 0 Å². The summed E-state index contributed by atoms with van der Waals surface area (Å²) < 4.78 is 88.2. The van der Waals surface area contributed by atoms with E-state index in [0.717, 1.165) is 0 Å². The number of rotatable bonds is 1. The number of hydrogen-bond acceptors (Lipinski definition) is 1. The van der Waals surface area contributed by atoms with E-state index in [1.807, 2.05) is 0 Å². The van der Waals surface area contributed by atoms with Crippen LogP contribution in [0, 0.1) is 40.3 Å². The maximum atomic E-state index is 12.7. The van der Waals surface area contributed by atoms with Gasteiger partial charge in [-0.25, -0.2) is 27.2 Å². The van der Waals surface area contributed by atoms with Crippen LogP contribution in [0.25, 0.3) is 0 Å². The van der Waals surface area contributed by atoms with Crippen LogP contribution in [0.4, 0.5) is 30.6 Å². The average molecular weight is 242 g/mol. The quantitative estimate of drug-likeness (QED) is 0.320. The predicted octanol–water partition coefficient (Wildman–Crippen LogP) is 2.03. The normalized spacial score (nSPS) is 11.4. The van der Waals surface area contributed by atoms with Crippen LogP contribution in [0.1, 0.15) is 0 Å². The maximum Gasteiger partial charge on any atom is 0.439 e. The van der Waals surface area contributed by atoms with Gasteiger partial charge in [-0.15, -0.1) is 0 Å². The standard InChI is InChI=1S/C7BF7N/c9-3-2(8(14,15)1-16)4(10)6(12)7(13)5(3)11/q-1. The van der Waals surface area contributed by atoms with Gasteiger partial charge in [0.05, 0.1) is 0 Å². The van der Waals surface area contributed by atoms with Crippen molar-refractivity contribution in [3.8, 4) is 5.97 Å². The average Bonchev–Trinajstić information content (AvgIpc) is 2.23. The van der Waals surface area contributed by atoms with Crippen molar-refractivity contribution in [3.63, 3.8) is 0 Å². The molecule has 0 heterocycles. The Kier molecular flexibility index (Phi) is 2.86. The first-order valence-electron chi connectivity index (χ1n) is 3.68. The molecular weight excluding hydrogens is 242 g/mol. The van der Waals surface area contributed by atoms with Crippen molar-refractivity contribution in [1.29, 1.82) is 5.26 Å². The van der Waals surface area contributed by atoms with E-state index < -0.39 is 41.2 Å². The van der Waals surface area contributed by atoms with Crippen molar-refractivity contribution < 1.29 is 30.6 Å². The monoisotopic (exact) mass is 242 g/mol. The molecule has 9 heteroatoms. The van der Waals surface area contributed by atoms with E-state index in [4.69, 9.17) is 5.26 Å². The largest absolute Gasteiger partial charge is 0.461 e. The third kappa shape index (κ3) is 1.60. The van der Waals surface area contributed by atoms with E-state index >= 15 is 0 Å². The van der Waals surface area contributed by atoms with Crippen LogP contribution in [0.3, 0.4) is 0 Å². The van der Waals surface area contributed by atoms with Crippen molar-refractivity contribution in [2.45, 2.75) is 0 Å². The summed E-state index contributed by atoms with van der Waals surface area (Å²) in [5.74, 6) is -12.7. The molecule has 0 spiro atoms. The van der Waals surface area contributed by atoms with Gasteiger partial charge in [0.15, 0.2) is 17.5 Å². The van der Waals surface area contributed by atoms with Gasteiger partial charge in [0.2, 0.25) is 0 Å². The second-order valence-electron chi connectivity index (χ2n) is 2.78. The van der Waals surface area contributed by atoms with Gasteiger partial charge in [0.1, 0.15) is 11.6 Å². The molecule has 0 aromatic heterocycles. The molecule has 0 N–H and O–H groups in total. The minimum Gasteiger partial charge on any atom is -0.461 e. The van der Waals surface area contributed by atoms with Crippen molar-refractivity contribution in [1.82, 2.24) is 0 Å². The first kappa shape index (κ1) is 12.4. The fourth-order valence-electron chi connectivity index (χ4n) is 1.00. The lowest BCUT2D eigenvalue weighted by Crippen LogP contribution is -2.44. The Morgan fingerprint density at radius 3 is 1.38 bits per heavy atom. The molecule has 16 heavy (non-hydrogen) atoms. The second-order valence-corrected chi connectivity index (χ2v) is 2.78. The molecule has 0 aliphatic rings. The fourth-order valence-corrected chi connectivity index (χ4v) is 1.00. The lowest BCUT2D eigenvalue weighted by Gasteiger charge is -2.18. The van der Waals surface area contributed by atoms with E-state index in [1.54, 1.807) is 0 Å². The summed E-state index contributed by atoms with van der Waals surface area (Å²) in [7, 11) is 0. The highest BCUT2D eigenvalue weighted by atomic mass is 19.2. The summed E-state index contributed by atoms with van der Waals surface area (Å²) in [5.41, 5.74) is -2.39. The first-order valence-corrected chi connectivity index (χ1v) is 3.68. The second kappa shape index (κ2) is 3.70. The minimum atomic E-state index is -5.48. The zero-order valence-corrected chi connectivity index (χ0v) is 7.17. The van der Waals surface area contributed by atoms with Crippen molar-refractivity contribution >= 4 is 12.2 Å². The fraction of sp³-hybridized carbons (Fsp3) is 0. The number of nitriles is 1. The van der Waals surface area contributed by atoms with Gasteiger partial charge in [-0.2, -0.15) is 0 Å². The Morgan fingerprint density at radius 2 is 1.06 bits per heavy atom. The minimum absolute atomic E-state index is 0.207. The highest BCUT2D eigenvalue weighted by Crippen LogP contribution is 2.20. The zero-order valence-electron chi connectivity index (χ0n) is 7.17. The summed E-state index contributed by atoms with van der Waals surface area (Å²) in [6, 6.07) is 0. The van der Waals surface area contributed by atoms with Gasteiger partial charge in [-0.05, 0) is 0 Å². The topological polar surface area (TPSA) is 23.8 Å². The zero-order chi connectivity index (χ0) is 12.7. The van der Waals surface area contributed by atoms with Crippen molar-refractivity contribution in [2.75, 3.05) is 0 Å². The third-order valence-corrected chi connectivity index (χ3v) is 1.77. The Labute approximate surface area is 84.1 Å². The lowest BCUT2D eigenvalue weighted by atomic mass is 9.59. The van der Waals surface area contributed by atoms with E-state index in [0.29, 0.717) is 0 Å². The van der Waals surface area contributed by atoms with Gasteiger partial charge in [-0.1, -0.05) is 11.4 Å². The van der Waals surface area contributed by atoms with Crippen LogP contribution in [0.15, 0.2) is 0 Å². The van der Waals surface area contributed by atoms with Gasteiger partial charge in [0, 0.05) is 0 Å². The molecule has 0 aliphatic carbocycles. The summed E-state index contributed by atoms with van der Waals surface area (Å²) >= 11 is 0. The molecular formula is C7BF7N-. The highest BCUT2D eigenvalue weighted by molar-refractivity contribution is 6.86. The van der Waals surface area contributed by atoms with Crippen molar-refractivity contribution in [3.05, 3.63) is 29.1 Å². The van der Waals surface area contributed by atoms with E-state index in [-0.39, 0.29) is 5.97 Å². The highest BCUT2D eigenvalue weighted by Gasteiger charge is 2.37. The Morgan fingerprint density at radius 1 is 0.750 bits per heavy atom. The van der Waals surface area contributed by atoms with Gasteiger partial charge in [-0.3, -0.25) is 0 Å². The number of hydrogen-bond donors (Lipinski definition) is 0. The Balaban J connectivity index is 3.73. The molecule has 0 saturated carbocycles. The van der Waals surface area contributed by atoms with E-state index in [2.05, 4.69) is 0 Å². The SMILES string of the molecule is N#C[B-](F)(F)c1c(F)c(F)c(F)c(F)c1F. The van der Waals surface area contributed by atoms with Gasteiger partial charge >= 0.3 is 6.70 Å². The Hall–Kier alpha value is -1.72. The number of benzene rings is 1. The smallest absolute Gasteiger partial charge is 0.439 e. The van der Waals surface area contributed by atoms with Crippen LogP contribution in [0.2, 0.25) is 0 Å². The Bertz CT molecular complexity index is 463. The molecule has 0 bridgehead atoms. The third-order valence-electron chi connectivity index (χ3n) is 1.77. The van der Waals surface area contributed by atoms with E-state index in [1.165, 1.54) is 0 Å². The summed E-state index contributed by atoms with van der Waals surface area (Å²) in [4.78, 5) is 0. The van der Waals surface area contributed by atoms with Crippen LogP contribution in [-0.4, -0.2) is 6.70 Å². The summed E-state index contributed by atoms with van der Waals surface area (Å²) in [6.45, 7) is -5.48. The lowest BCUT2D eigenvalue weighted by molar-refractivity contribution is 0.381. The molecule has 0 radical (unpaired) electrons. The molecule has 1 aromatic rings. The number of halogens is 7. The molecule has 0 saturated heterocycles. The predicted molar refractivity (Wildman–Crippen MR) is 39.4 cm³/mol. The van der Waals surface area contributed by atoms with E-state index in [9.17, 15) is 30.6 Å². The first-order chi connectivity index (χ1) is 7.24. The maximum absolute atomic E-state index is 12.7. The molecule has 0 atom stereocenters. The van der Waals surface area contributed by atoms with Crippen LogP contribution < -0.4 is 5.46 Å². The molecule has 1 rings (SSSR count). The molecule has 86 valence electrons. The number of nitrogens with zero attached hydrogens (tertiary/aromatic N) is 1. The van der Waals surface area contributed by atoms with Crippen LogP contribution >= 0.6 is 0 Å². The summed E-state index contributed by atoms with van der Waals surface area (Å²) in [5, 5.41) is 7.90. The van der Waals surface area contributed by atoms with Crippen LogP contribution in [-0.2, 0) is 0 Å². The molecule has 0 unspecified atom stereocenters. The molecule has 1 aromatic carbocycles. The van der Waals surface area contributed by atoms with Gasteiger partial charge in [0.25, 0.3) is 0 Å². The molecule has 0 amide bonds. The summed E-state index contributed by atoms with van der Waals surface area (Å²) in [6.07, 6.45) is 0. The molecule has 1 nitrogen and oxygen atoms in total.